The van der Waals surface area contributed by atoms with E-state index in [1.54, 1.807) is 11.3 Å². The normalized spacial score (nSPS) is 10.7. The SMILES string of the molecule is CCOc1cccc(Nc2nc3ccc(C)cc3s2)c1. The van der Waals surface area contributed by atoms with Crippen LogP contribution in [0.4, 0.5) is 10.8 Å². The first kappa shape index (κ1) is 12.9. The van der Waals surface area contributed by atoms with Crippen molar-refractivity contribution in [2.45, 2.75) is 13.8 Å². The summed E-state index contributed by atoms with van der Waals surface area (Å²) in [6, 6.07) is 14.2. The van der Waals surface area contributed by atoms with Gasteiger partial charge in [0.05, 0.1) is 16.8 Å². The molecular weight excluding hydrogens is 268 g/mol. The first-order valence-corrected chi connectivity index (χ1v) is 7.43. The average Bonchev–Trinajstić information content (AvgIpc) is 2.81. The molecule has 0 unspecified atom stereocenters. The third-order valence-corrected chi connectivity index (χ3v) is 3.87. The Labute approximate surface area is 122 Å². The van der Waals surface area contributed by atoms with Crippen LogP contribution in [0.3, 0.4) is 0 Å². The van der Waals surface area contributed by atoms with Gasteiger partial charge in [-0.05, 0) is 43.7 Å². The minimum Gasteiger partial charge on any atom is -0.494 e. The molecule has 0 radical (unpaired) electrons. The second-order valence-electron chi connectivity index (χ2n) is 4.58. The number of thiazole rings is 1. The monoisotopic (exact) mass is 284 g/mol. The van der Waals surface area contributed by atoms with Crippen LogP contribution in [-0.2, 0) is 0 Å². The fraction of sp³-hybridized carbons (Fsp3) is 0.188. The van der Waals surface area contributed by atoms with Gasteiger partial charge in [0.25, 0.3) is 0 Å². The Morgan fingerprint density at radius 1 is 1.20 bits per heavy atom. The number of aromatic nitrogens is 1. The molecule has 1 aromatic heterocycles. The zero-order chi connectivity index (χ0) is 13.9. The highest BCUT2D eigenvalue weighted by Gasteiger charge is 2.04. The van der Waals surface area contributed by atoms with Crippen molar-refractivity contribution in [1.82, 2.24) is 4.98 Å². The zero-order valence-electron chi connectivity index (χ0n) is 11.5. The number of fused-ring (bicyclic) bond motifs is 1. The zero-order valence-corrected chi connectivity index (χ0v) is 12.3. The van der Waals surface area contributed by atoms with E-state index in [9.17, 15) is 0 Å². The number of nitrogens with zero attached hydrogens (tertiary/aromatic N) is 1. The fourth-order valence-corrected chi connectivity index (χ4v) is 3.02. The molecule has 0 aliphatic heterocycles. The van der Waals surface area contributed by atoms with Gasteiger partial charge in [-0.3, -0.25) is 0 Å². The Morgan fingerprint density at radius 3 is 2.95 bits per heavy atom. The van der Waals surface area contributed by atoms with Crippen molar-refractivity contribution in [2.24, 2.45) is 0 Å². The summed E-state index contributed by atoms with van der Waals surface area (Å²) in [4.78, 5) is 4.59. The highest BCUT2D eigenvalue weighted by atomic mass is 32.1. The van der Waals surface area contributed by atoms with Gasteiger partial charge in [0, 0.05) is 11.8 Å². The van der Waals surface area contributed by atoms with Crippen molar-refractivity contribution in [2.75, 3.05) is 11.9 Å². The van der Waals surface area contributed by atoms with Gasteiger partial charge >= 0.3 is 0 Å². The molecule has 0 fully saturated rings. The van der Waals surface area contributed by atoms with E-state index in [1.807, 2.05) is 31.2 Å². The van der Waals surface area contributed by atoms with Crippen LogP contribution in [0.5, 0.6) is 5.75 Å². The van der Waals surface area contributed by atoms with Gasteiger partial charge in [-0.25, -0.2) is 4.98 Å². The molecule has 1 N–H and O–H groups in total. The Kier molecular flexibility index (Phi) is 3.56. The van der Waals surface area contributed by atoms with Gasteiger partial charge in [-0.2, -0.15) is 0 Å². The van der Waals surface area contributed by atoms with Gasteiger partial charge in [0.1, 0.15) is 5.75 Å². The predicted molar refractivity (Wildman–Crippen MR) is 85.3 cm³/mol. The van der Waals surface area contributed by atoms with Crippen molar-refractivity contribution < 1.29 is 4.74 Å². The number of hydrogen-bond acceptors (Lipinski definition) is 4. The van der Waals surface area contributed by atoms with Crippen molar-refractivity contribution in [3.05, 3.63) is 48.0 Å². The molecule has 0 amide bonds. The maximum absolute atomic E-state index is 5.50. The van der Waals surface area contributed by atoms with Gasteiger partial charge in [-0.15, -0.1) is 0 Å². The van der Waals surface area contributed by atoms with Crippen LogP contribution in [0.15, 0.2) is 42.5 Å². The van der Waals surface area contributed by atoms with Crippen LogP contribution in [-0.4, -0.2) is 11.6 Å². The quantitative estimate of drug-likeness (QED) is 0.751. The lowest BCUT2D eigenvalue weighted by atomic mass is 10.2. The molecule has 3 nitrogen and oxygen atoms in total. The molecule has 1 heterocycles. The fourth-order valence-electron chi connectivity index (χ4n) is 2.04. The Bertz CT molecular complexity index is 736. The lowest BCUT2D eigenvalue weighted by Crippen LogP contribution is -1.93. The van der Waals surface area contributed by atoms with E-state index in [4.69, 9.17) is 4.74 Å². The molecule has 0 atom stereocenters. The molecule has 0 aliphatic carbocycles. The molecule has 0 bridgehead atoms. The summed E-state index contributed by atoms with van der Waals surface area (Å²) in [7, 11) is 0. The Balaban J connectivity index is 1.87. The molecule has 3 aromatic rings. The average molecular weight is 284 g/mol. The standard InChI is InChI=1S/C16H16N2OS/c1-3-19-13-6-4-5-12(10-13)17-16-18-14-8-7-11(2)9-15(14)20-16/h4-10H,3H2,1-2H3,(H,17,18). The first-order valence-electron chi connectivity index (χ1n) is 6.61. The van der Waals surface area contributed by atoms with E-state index in [0.29, 0.717) is 6.61 Å². The number of hydrogen-bond donors (Lipinski definition) is 1. The van der Waals surface area contributed by atoms with E-state index in [-0.39, 0.29) is 0 Å². The summed E-state index contributed by atoms with van der Waals surface area (Å²) >= 11 is 1.66. The van der Waals surface area contributed by atoms with Crippen LogP contribution in [0.25, 0.3) is 10.2 Å². The minimum atomic E-state index is 0.671. The summed E-state index contributed by atoms with van der Waals surface area (Å²) < 4.78 is 6.70. The van der Waals surface area contributed by atoms with Crippen molar-refractivity contribution >= 4 is 32.4 Å². The van der Waals surface area contributed by atoms with E-state index in [0.717, 1.165) is 22.1 Å². The summed E-state index contributed by atoms with van der Waals surface area (Å²) in [5.41, 5.74) is 3.28. The number of rotatable bonds is 4. The molecule has 102 valence electrons. The van der Waals surface area contributed by atoms with Gasteiger partial charge < -0.3 is 10.1 Å². The highest BCUT2D eigenvalue weighted by Crippen LogP contribution is 2.29. The van der Waals surface area contributed by atoms with E-state index in [1.165, 1.54) is 10.3 Å². The van der Waals surface area contributed by atoms with E-state index in [2.05, 4.69) is 35.4 Å². The summed E-state index contributed by atoms with van der Waals surface area (Å²) in [6.07, 6.45) is 0. The van der Waals surface area contributed by atoms with Gasteiger partial charge in [0.2, 0.25) is 0 Å². The maximum atomic E-state index is 5.50. The second-order valence-corrected chi connectivity index (χ2v) is 5.61. The topological polar surface area (TPSA) is 34.1 Å². The number of ether oxygens (including phenoxy) is 1. The minimum absolute atomic E-state index is 0.671. The molecule has 0 saturated carbocycles. The third kappa shape index (κ3) is 2.75. The summed E-state index contributed by atoms with van der Waals surface area (Å²) in [6.45, 7) is 4.75. The largest absolute Gasteiger partial charge is 0.494 e. The number of aryl methyl sites for hydroxylation is 1. The molecule has 0 aliphatic rings. The Morgan fingerprint density at radius 2 is 2.10 bits per heavy atom. The number of anilines is 2. The third-order valence-electron chi connectivity index (χ3n) is 2.94. The van der Waals surface area contributed by atoms with E-state index >= 15 is 0 Å². The first-order chi connectivity index (χ1) is 9.74. The number of benzene rings is 2. The van der Waals surface area contributed by atoms with E-state index < -0.39 is 0 Å². The maximum Gasteiger partial charge on any atom is 0.188 e. The van der Waals surface area contributed by atoms with Crippen LogP contribution >= 0.6 is 11.3 Å². The molecule has 0 spiro atoms. The molecule has 20 heavy (non-hydrogen) atoms. The van der Waals surface area contributed by atoms with Crippen molar-refractivity contribution in [1.29, 1.82) is 0 Å². The molecular formula is C16H16N2OS. The molecule has 0 saturated heterocycles. The second kappa shape index (κ2) is 5.51. The van der Waals surface area contributed by atoms with Gasteiger partial charge in [0.15, 0.2) is 5.13 Å². The molecule has 4 heteroatoms. The lowest BCUT2D eigenvalue weighted by molar-refractivity contribution is 0.340. The van der Waals surface area contributed by atoms with Crippen molar-refractivity contribution in [3.8, 4) is 5.75 Å². The van der Waals surface area contributed by atoms with Crippen LogP contribution in [0, 0.1) is 6.92 Å². The molecule has 3 rings (SSSR count). The smallest absolute Gasteiger partial charge is 0.188 e. The number of nitrogens with one attached hydrogen (secondary N) is 1. The van der Waals surface area contributed by atoms with Gasteiger partial charge in [-0.1, -0.05) is 23.5 Å². The molecule has 2 aromatic carbocycles. The summed E-state index contributed by atoms with van der Waals surface area (Å²) in [5, 5.41) is 4.24. The summed E-state index contributed by atoms with van der Waals surface area (Å²) in [5.74, 6) is 0.870. The van der Waals surface area contributed by atoms with Crippen molar-refractivity contribution in [3.63, 3.8) is 0 Å². The predicted octanol–water partition coefficient (Wildman–Crippen LogP) is 4.75. The Hall–Kier alpha value is -2.07. The van der Waals surface area contributed by atoms with Crippen LogP contribution in [0.1, 0.15) is 12.5 Å². The van der Waals surface area contributed by atoms with Crippen LogP contribution < -0.4 is 10.1 Å². The van der Waals surface area contributed by atoms with Crippen LogP contribution in [0.2, 0.25) is 0 Å². The highest BCUT2D eigenvalue weighted by molar-refractivity contribution is 7.22. The lowest BCUT2D eigenvalue weighted by Gasteiger charge is -2.06.